The molecule has 0 aliphatic heterocycles. The maximum atomic E-state index is 12.1. The van der Waals surface area contributed by atoms with Gasteiger partial charge in [0.25, 0.3) is 5.91 Å². The van der Waals surface area contributed by atoms with Crippen molar-refractivity contribution in [3.63, 3.8) is 0 Å². The number of carbonyl (C=O) groups excluding carboxylic acids is 1. The molecular weight excluding hydrogens is 322 g/mol. The Morgan fingerprint density at radius 2 is 1.77 bits per heavy atom. The van der Waals surface area contributed by atoms with Crippen LogP contribution in [0.1, 0.15) is 29.8 Å². The summed E-state index contributed by atoms with van der Waals surface area (Å²) in [6.45, 7) is 7.59. The number of likely N-dealkylation sites (N-methyl/N-ethyl adjacent to an activating group) is 1. The van der Waals surface area contributed by atoms with Gasteiger partial charge in [-0.1, -0.05) is 26.0 Å². The summed E-state index contributed by atoms with van der Waals surface area (Å²) in [7, 11) is 3.98. The molecule has 1 amide bonds. The highest BCUT2D eigenvalue weighted by atomic mass is 16.1. The van der Waals surface area contributed by atoms with Crippen LogP contribution in [0.4, 0.5) is 0 Å². The molecule has 0 fully saturated rings. The number of hydrogen-bond donors (Lipinski definition) is 2. The summed E-state index contributed by atoms with van der Waals surface area (Å²) < 4.78 is 0. The van der Waals surface area contributed by atoms with Gasteiger partial charge in [-0.05, 0) is 73.4 Å². The number of rotatable bonds is 5. The van der Waals surface area contributed by atoms with Crippen LogP contribution in [0.5, 0.6) is 0 Å². The Hall–Kier alpha value is -2.59. The predicted octanol–water partition coefficient (Wildman–Crippen LogP) is 4.46. The van der Waals surface area contributed by atoms with E-state index < -0.39 is 0 Å². The largest absolute Gasteiger partial charge is 0.361 e. The van der Waals surface area contributed by atoms with Crippen LogP contribution >= 0.6 is 0 Å². The number of nitrogens with zero attached hydrogens (tertiary/aromatic N) is 1. The van der Waals surface area contributed by atoms with Crippen LogP contribution < -0.4 is 5.32 Å². The van der Waals surface area contributed by atoms with Gasteiger partial charge in [0.1, 0.15) is 0 Å². The minimum Gasteiger partial charge on any atom is -0.361 e. The molecule has 138 valence electrons. The highest BCUT2D eigenvalue weighted by molar-refractivity contribution is 5.95. The predicted molar refractivity (Wildman–Crippen MR) is 111 cm³/mol. The summed E-state index contributed by atoms with van der Waals surface area (Å²) in [4.78, 5) is 17.4. The average molecular weight is 351 g/mol. The lowest BCUT2D eigenvalue weighted by atomic mass is 9.98. The summed E-state index contributed by atoms with van der Waals surface area (Å²) in [6, 6.07) is 14.2. The maximum Gasteiger partial charge on any atom is 0.251 e. The first-order valence-corrected chi connectivity index (χ1v) is 9.16. The van der Waals surface area contributed by atoms with Gasteiger partial charge >= 0.3 is 0 Å². The van der Waals surface area contributed by atoms with E-state index in [1.54, 1.807) is 0 Å². The molecule has 0 radical (unpaired) electrons. The van der Waals surface area contributed by atoms with Gasteiger partial charge in [-0.25, -0.2) is 0 Å². The lowest BCUT2D eigenvalue weighted by Crippen LogP contribution is -2.31. The van der Waals surface area contributed by atoms with E-state index in [4.69, 9.17) is 0 Å². The molecule has 1 heterocycles. The van der Waals surface area contributed by atoms with Crippen molar-refractivity contribution < 1.29 is 4.79 Å². The van der Waals surface area contributed by atoms with Crippen molar-refractivity contribution in [1.29, 1.82) is 0 Å². The molecule has 0 aliphatic rings. The number of aryl methyl sites for hydroxylation is 1. The van der Waals surface area contributed by atoms with Gasteiger partial charge < -0.3 is 15.2 Å². The van der Waals surface area contributed by atoms with Crippen LogP contribution in [0.25, 0.3) is 22.0 Å². The molecule has 2 N–H and O–H groups in total. The second-order valence-electron chi connectivity index (χ2n) is 6.37. The molecule has 0 saturated heterocycles. The van der Waals surface area contributed by atoms with E-state index in [1.807, 2.05) is 63.3 Å². The summed E-state index contributed by atoms with van der Waals surface area (Å²) in [5, 5.41) is 4.13. The molecule has 0 spiro atoms. The van der Waals surface area contributed by atoms with Gasteiger partial charge in [0.2, 0.25) is 0 Å². The van der Waals surface area contributed by atoms with Crippen molar-refractivity contribution in [2.24, 2.45) is 0 Å². The summed E-state index contributed by atoms with van der Waals surface area (Å²) in [6.07, 6.45) is 1.95. The summed E-state index contributed by atoms with van der Waals surface area (Å²) >= 11 is 0. The normalized spacial score (nSPS) is 10.5. The number of benzene rings is 2. The van der Waals surface area contributed by atoms with E-state index in [-0.39, 0.29) is 5.91 Å². The fraction of sp³-hybridized carbons (Fsp3) is 0.318. The number of aromatic amines is 1. The number of nitrogens with one attached hydrogen (secondary N) is 2. The fourth-order valence-electron chi connectivity index (χ4n) is 2.82. The molecule has 4 nitrogen and oxygen atoms in total. The van der Waals surface area contributed by atoms with Crippen molar-refractivity contribution in [3.05, 3.63) is 59.8 Å². The Balaban J connectivity index is 0.00000117. The molecule has 26 heavy (non-hydrogen) atoms. The quantitative estimate of drug-likeness (QED) is 0.713. The van der Waals surface area contributed by atoms with Gasteiger partial charge in [0, 0.05) is 30.4 Å². The number of H-pyrrole nitrogens is 1. The minimum atomic E-state index is -0.0267. The molecule has 0 unspecified atom stereocenters. The number of hydrogen-bond acceptors (Lipinski definition) is 2. The van der Waals surface area contributed by atoms with Crippen LogP contribution in [0.3, 0.4) is 0 Å². The van der Waals surface area contributed by atoms with Crippen LogP contribution in [0.2, 0.25) is 0 Å². The van der Waals surface area contributed by atoms with E-state index in [2.05, 4.69) is 35.4 Å². The van der Waals surface area contributed by atoms with Gasteiger partial charge in [0.05, 0.1) is 0 Å². The molecule has 0 atom stereocenters. The van der Waals surface area contributed by atoms with Crippen LogP contribution in [0.15, 0.2) is 48.7 Å². The molecule has 4 heteroatoms. The minimum absolute atomic E-state index is 0.0267. The number of carbonyl (C=O) groups is 1. The van der Waals surface area contributed by atoms with Crippen molar-refractivity contribution in [2.45, 2.75) is 20.8 Å². The van der Waals surface area contributed by atoms with Crippen LogP contribution in [-0.4, -0.2) is 43.0 Å². The maximum absolute atomic E-state index is 12.1. The van der Waals surface area contributed by atoms with Crippen LogP contribution in [0, 0.1) is 6.92 Å². The number of amides is 1. The van der Waals surface area contributed by atoms with E-state index in [9.17, 15) is 4.79 Å². The summed E-state index contributed by atoms with van der Waals surface area (Å²) in [5.41, 5.74) is 5.38. The smallest absolute Gasteiger partial charge is 0.251 e. The zero-order valence-corrected chi connectivity index (χ0v) is 16.4. The van der Waals surface area contributed by atoms with E-state index in [0.717, 1.165) is 17.6 Å². The SMILES string of the molecule is CC.Cc1cc2[nH]ccc2cc1-c1ccc(C(=O)NCCN(C)C)cc1. The monoisotopic (exact) mass is 351 g/mol. The second kappa shape index (κ2) is 9.20. The second-order valence-corrected chi connectivity index (χ2v) is 6.37. The lowest BCUT2D eigenvalue weighted by molar-refractivity contribution is 0.0951. The first kappa shape index (κ1) is 19.7. The Morgan fingerprint density at radius 3 is 2.42 bits per heavy atom. The third kappa shape index (κ3) is 4.73. The summed E-state index contributed by atoms with van der Waals surface area (Å²) in [5.74, 6) is -0.0267. The van der Waals surface area contributed by atoms with Gasteiger partial charge in [-0.15, -0.1) is 0 Å². The Kier molecular flexibility index (Phi) is 6.98. The van der Waals surface area contributed by atoms with E-state index in [0.29, 0.717) is 12.1 Å². The first-order chi connectivity index (χ1) is 12.5. The molecule has 0 bridgehead atoms. The molecule has 1 aromatic heterocycles. The molecule has 3 rings (SSSR count). The van der Waals surface area contributed by atoms with Crippen molar-refractivity contribution in [2.75, 3.05) is 27.2 Å². The third-order valence-electron chi connectivity index (χ3n) is 4.20. The fourth-order valence-corrected chi connectivity index (χ4v) is 2.82. The molecule has 2 aromatic carbocycles. The standard InChI is InChI=1S/C20H23N3O.C2H6/c1-14-12-19-17(8-9-21-19)13-18(14)15-4-6-16(7-5-15)20(24)22-10-11-23(2)3;1-2/h4-9,12-13,21H,10-11H2,1-3H3,(H,22,24);1-2H3. The van der Waals surface area contributed by atoms with E-state index >= 15 is 0 Å². The zero-order valence-electron chi connectivity index (χ0n) is 16.4. The van der Waals surface area contributed by atoms with Crippen molar-refractivity contribution in [1.82, 2.24) is 15.2 Å². The van der Waals surface area contributed by atoms with Gasteiger partial charge in [-0.2, -0.15) is 0 Å². The Labute approximate surface area is 156 Å². The van der Waals surface area contributed by atoms with E-state index in [1.165, 1.54) is 16.5 Å². The van der Waals surface area contributed by atoms with Crippen molar-refractivity contribution >= 4 is 16.8 Å². The van der Waals surface area contributed by atoms with Gasteiger partial charge in [-0.3, -0.25) is 4.79 Å². The topological polar surface area (TPSA) is 48.1 Å². The molecule has 0 aliphatic carbocycles. The highest BCUT2D eigenvalue weighted by Gasteiger charge is 2.08. The van der Waals surface area contributed by atoms with Crippen LogP contribution in [-0.2, 0) is 0 Å². The average Bonchev–Trinajstić information content (AvgIpc) is 3.09. The van der Waals surface area contributed by atoms with Gasteiger partial charge in [0.15, 0.2) is 0 Å². The zero-order chi connectivity index (χ0) is 19.1. The molecule has 3 aromatic rings. The molecule has 0 saturated carbocycles. The highest BCUT2D eigenvalue weighted by Crippen LogP contribution is 2.28. The Morgan fingerprint density at radius 1 is 1.08 bits per heavy atom. The van der Waals surface area contributed by atoms with Crippen molar-refractivity contribution in [3.8, 4) is 11.1 Å². The Bertz CT molecular complexity index is 847. The number of fused-ring (bicyclic) bond motifs is 1. The first-order valence-electron chi connectivity index (χ1n) is 9.16. The third-order valence-corrected chi connectivity index (χ3v) is 4.20. The number of aromatic nitrogens is 1. The lowest BCUT2D eigenvalue weighted by Gasteiger charge is -2.11. The molecular formula is C22H29N3O.